The molecule has 0 spiro atoms. The molecule has 1 saturated heterocycles. The van der Waals surface area contributed by atoms with E-state index in [0.717, 1.165) is 24.9 Å². The van der Waals surface area contributed by atoms with Crippen LogP contribution in [0.1, 0.15) is 39.2 Å². The van der Waals surface area contributed by atoms with E-state index < -0.39 is 5.60 Å². The lowest BCUT2D eigenvalue weighted by Gasteiger charge is -2.33. The number of hydrogen-bond acceptors (Lipinski definition) is 4. The second kappa shape index (κ2) is 6.33. The van der Waals surface area contributed by atoms with Gasteiger partial charge < -0.3 is 14.4 Å². The molecule has 0 N–H and O–H groups in total. The summed E-state index contributed by atoms with van der Waals surface area (Å²) in [6, 6.07) is 3.84. The van der Waals surface area contributed by atoms with Gasteiger partial charge in [-0.25, -0.2) is 9.78 Å². The number of aryl methyl sites for hydroxylation is 1. The summed E-state index contributed by atoms with van der Waals surface area (Å²) in [7, 11) is 0. The predicted octanol–water partition coefficient (Wildman–Crippen LogP) is 3.17. The molecule has 21 heavy (non-hydrogen) atoms. The maximum absolute atomic E-state index is 12.1. The zero-order chi connectivity index (χ0) is 15.5. The number of pyridine rings is 1. The Morgan fingerprint density at radius 2 is 2.19 bits per heavy atom. The Balaban J connectivity index is 1.93. The summed E-state index contributed by atoms with van der Waals surface area (Å²) in [5.74, 6) is 0.617. The Hall–Kier alpha value is -1.78. The maximum atomic E-state index is 12.1. The second-order valence-electron chi connectivity index (χ2n) is 6.48. The van der Waals surface area contributed by atoms with Gasteiger partial charge in [0, 0.05) is 18.8 Å². The fourth-order valence-electron chi connectivity index (χ4n) is 2.27. The summed E-state index contributed by atoms with van der Waals surface area (Å²) in [4.78, 5) is 18.0. The Kier molecular flexibility index (Phi) is 4.70. The van der Waals surface area contributed by atoms with Crippen molar-refractivity contribution in [2.45, 2.75) is 52.2 Å². The Morgan fingerprint density at radius 3 is 2.86 bits per heavy atom. The van der Waals surface area contributed by atoms with Gasteiger partial charge in [0.25, 0.3) is 0 Å². The van der Waals surface area contributed by atoms with Gasteiger partial charge in [-0.3, -0.25) is 0 Å². The van der Waals surface area contributed by atoms with E-state index in [4.69, 9.17) is 9.47 Å². The molecule has 0 aromatic carbocycles. The molecule has 1 aliphatic heterocycles. The summed E-state index contributed by atoms with van der Waals surface area (Å²) in [6.45, 7) is 8.89. The Bertz CT molecular complexity index is 497. The summed E-state index contributed by atoms with van der Waals surface area (Å²) in [6.07, 6.45) is 3.28. The van der Waals surface area contributed by atoms with Crippen molar-refractivity contribution in [1.29, 1.82) is 0 Å². The highest BCUT2D eigenvalue weighted by Crippen LogP contribution is 2.19. The third kappa shape index (κ3) is 4.92. The van der Waals surface area contributed by atoms with E-state index in [0.29, 0.717) is 12.4 Å². The minimum absolute atomic E-state index is 0.0273. The van der Waals surface area contributed by atoms with Gasteiger partial charge >= 0.3 is 6.09 Å². The third-order valence-corrected chi connectivity index (χ3v) is 3.21. The standard InChI is InChI=1S/C16H24N2O3/c1-12-7-8-17-14(10-12)20-13-6-5-9-18(11-13)15(19)21-16(2,3)4/h7-8,10,13H,5-6,9,11H2,1-4H3/t13-/m0/s1. The number of rotatable bonds is 2. The van der Waals surface area contributed by atoms with Crippen molar-refractivity contribution in [2.75, 3.05) is 13.1 Å². The number of carbonyl (C=O) groups excluding carboxylic acids is 1. The molecule has 1 aliphatic rings. The highest BCUT2D eigenvalue weighted by atomic mass is 16.6. The average molecular weight is 292 g/mol. The molecule has 2 heterocycles. The number of hydrogen-bond donors (Lipinski definition) is 0. The topological polar surface area (TPSA) is 51.7 Å². The molecule has 1 atom stereocenters. The maximum Gasteiger partial charge on any atom is 0.410 e. The Labute approximate surface area is 126 Å². The summed E-state index contributed by atoms with van der Waals surface area (Å²) in [5.41, 5.74) is 0.642. The fourth-order valence-corrected chi connectivity index (χ4v) is 2.27. The first-order chi connectivity index (χ1) is 9.83. The van der Waals surface area contributed by atoms with Crippen molar-refractivity contribution in [2.24, 2.45) is 0 Å². The van der Waals surface area contributed by atoms with E-state index in [1.807, 2.05) is 39.8 Å². The van der Waals surface area contributed by atoms with E-state index >= 15 is 0 Å². The highest BCUT2D eigenvalue weighted by molar-refractivity contribution is 5.68. The molecule has 0 unspecified atom stereocenters. The molecule has 5 heteroatoms. The van der Waals surface area contributed by atoms with Crippen LogP contribution in [0.15, 0.2) is 18.3 Å². The van der Waals surface area contributed by atoms with E-state index in [-0.39, 0.29) is 12.2 Å². The second-order valence-corrected chi connectivity index (χ2v) is 6.48. The average Bonchev–Trinajstić information content (AvgIpc) is 2.37. The molecular formula is C16H24N2O3. The zero-order valence-electron chi connectivity index (χ0n) is 13.3. The number of carbonyl (C=O) groups is 1. The molecule has 1 fully saturated rings. The lowest BCUT2D eigenvalue weighted by atomic mass is 10.1. The SMILES string of the molecule is Cc1ccnc(O[C@H]2CCCN(C(=O)OC(C)(C)C)C2)c1. The molecule has 5 nitrogen and oxygen atoms in total. The van der Waals surface area contributed by atoms with Crippen LogP contribution in [-0.4, -0.2) is 40.8 Å². The van der Waals surface area contributed by atoms with Crippen molar-refractivity contribution in [1.82, 2.24) is 9.88 Å². The van der Waals surface area contributed by atoms with Crippen LogP contribution < -0.4 is 4.74 Å². The van der Waals surface area contributed by atoms with Crippen LogP contribution >= 0.6 is 0 Å². The molecule has 1 amide bonds. The van der Waals surface area contributed by atoms with Crippen LogP contribution in [0.3, 0.4) is 0 Å². The molecule has 0 saturated carbocycles. The first kappa shape index (κ1) is 15.6. The molecule has 2 rings (SSSR count). The van der Waals surface area contributed by atoms with Gasteiger partial charge in [0.05, 0.1) is 6.54 Å². The van der Waals surface area contributed by atoms with Crippen molar-refractivity contribution in [3.05, 3.63) is 23.9 Å². The largest absolute Gasteiger partial charge is 0.472 e. The van der Waals surface area contributed by atoms with Gasteiger partial charge in [-0.15, -0.1) is 0 Å². The van der Waals surface area contributed by atoms with Crippen LogP contribution in [0.25, 0.3) is 0 Å². The normalized spacial score (nSPS) is 19.2. The molecule has 0 bridgehead atoms. The first-order valence-corrected chi connectivity index (χ1v) is 7.41. The van der Waals surface area contributed by atoms with Crippen molar-refractivity contribution < 1.29 is 14.3 Å². The first-order valence-electron chi connectivity index (χ1n) is 7.41. The van der Waals surface area contributed by atoms with Gasteiger partial charge in [-0.2, -0.15) is 0 Å². The fraction of sp³-hybridized carbons (Fsp3) is 0.625. The number of likely N-dealkylation sites (tertiary alicyclic amines) is 1. The van der Waals surface area contributed by atoms with Gasteiger partial charge in [-0.1, -0.05) is 0 Å². The van der Waals surface area contributed by atoms with Crippen molar-refractivity contribution in [3.8, 4) is 5.88 Å². The monoisotopic (exact) mass is 292 g/mol. The highest BCUT2D eigenvalue weighted by Gasteiger charge is 2.28. The molecular weight excluding hydrogens is 268 g/mol. The van der Waals surface area contributed by atoms with E-state index in [9.17, 15) is 4.79 Å². The number of nitrogens with zero attached hydrogens (tertiary/aromatic N) is 2. The van der Waals surface area contributed by atoms with Crippen LogP contribution in [0, 0.1) is 6.92 Å². The number of amides is 1. The minimum Gasteiger partial charge on any atom is -0.472 e. The number of aromatic nitrogens is 1. The molecule has 1 aromatic rings. The zero-order valence-corrected chi connectivity index (χ0v) is 13.3. The predicted molar refractivity (Wildman–Crippen MR) is 80.4 cm³/mol. The van der Waals surface area contributed by atoms with Crippen molar-refractivity contribution in [3.63, 3.8) is 0 Å². The van der Waals surface area contributed by atoms with Crippen LogP contribution in [0.2, 0.25) is 0 Å². The number of ether oxygens (including phenoxy) is 2. The third-order valence-electron chi connectivity index (χ3n) is 3.21. The minimum atomic E-state index is -0.469. The van der Waals surface area contributed by atoms with Crippen molar-refractivity contribution >= 4 is 6.09 Å². The molecule has 1 aromatic heterocycles. The van der Waals surface area contributed by atoms with Crippen LogP contribution in [-0.2, 0) is 4.74 Å². The summed E-state index contributed by atoms with van der Waals surface area (Å²) in [5, 5.41) is 0. The van der Waals surface area contributed by atoms with Crippen LogP contribution in [0.5, 0.6) is 5.88 Å². The summed E-state index contributed by atoms with van der Waals surface area (Å²) < 4.78 is 11.3. The Morgan fingerprint density at radius 1 is 1.43 bits per heavy atom. The van der Waals surface area contributed by atoms with Gasteiger partial charge in [0.2, 0.25) is 5.88 Å². The molecule has 0 aliphatic carbocycles. The lowest BCUT2D eigenvalue weighted by molar-refractivity contribution is 0.00721. The summed E-state index contributed by atoms with van der Waals surface area (Å²) >= 11 is 0. The van der Waals surface area contributed by atoms with E-state index in [2.05, 4.69) is 4.98 Å². The van der Waals surface area contributed by atoms with Gasteiger partial charge in [0.1, 0.15) is 11.7 Å². The van der Waals surface area contributed by atoms with E-state index in [1.165, 1.54) is 0 Å². The smallest absolute Gasteiger partial charge is 0.410 e. The van der Waals surface area contributed by atoms with Crippen LogP contribution in [0.4, 0.5) is 4.79 Å². The molecule has 116 valence electrons. The molecule has 0 radical (unpaired) electrons. The quantitative estimate of drug-likeness (QED) is 0.840. The van der Waals surface area contributed by atoms with Gasteiger partial charge in [-0.05, 0) is 52.2 Å². The van der Waals surface area contributed by atoms with Gasteiger partial charge in [0.15, 0.2) is 0 Å². The lowest BCUT2D eigenvalue weighted by Crippen LogP contribution is -2.46. The van der Waals surface area contributed by atoms with E-state index in [1.54, 1.807) is 11.1 Å². The number of piperidine rings is 1.